The van der Waals surface area contributed by atoms with E-state index in [1.54, 1.807) is 31.3 Å². The minimum absolute atomic E-state index is 0.131. The first-order chi connectivity index (χ1) is 9.69. The summed E-state index contributed by atoms with van der Waals surface area (Å²) in [6, 6.07) is 3.89. The minimum atomic E-state index is 0.131. The first-order valence-electron chi connectivity index (χ1n) is 6.37. The molecular formula is C16H20N2OS. The second kappa shape index (κ2) is 9.28. The molecule has 1 N–H and O–H groups in total. The molecule has 0 bridgehead atoms. The fraction of sp³-hybridized carbons (Fsp3) is 0.250. The largest absolute Gasteiger partial charge is 0.295 e. The Morgan fingerprint density at radius 1 is 1.35 bits per heavy atom. The zero-order valence-corrected chi connectivity index (χ0v) is 12.9. The average Bonchev–Trinajstić information content (AvgIpc) is 2.74. The van der Waals surface area contributed by atoms with E-state index in [0.717, 1.165) is 16.7 Å². The summed E-state index contributed by atoms with van der Waals surface area (Å²) in [5.74, 6) is 0.131. The first kappa shape index (κ1) is 16.4. The van der Waals surface area contributed by atoms with Gasteiger partial charge in [0.05, 0.1) is 0 Å². The number of hydrogen-bond acceptors (Lipinski definition) is 4. The molecule has 0 saturated heterocycles. The van der Waals surface area contributed by atoms with E-state index < -0.39 is 0 Å². The number of nitrogens with one attached hydrogen (secondary N) is 1. The van der Waals surface area contributed by atoms with Crippen molar-refractivity contribution in [2.75, 3.05) is 13.3 Å². The zero-order valence-electron chi connectivity index (χ0n) is 12.1. The van der Waals surface area contributed by atoms with Crippen LogP contribution in [-0.4, -0.2) is 24.1 Å². The highest BCUT2D eigenvalue weighted by molar-refractivity contribution is 7.96. The molecule has 106 valence electrons. The quantitative estimate of drug-likeness (QED) is 0.865. The number of allylic oxidation sites excluding steroid dienone is 6. The molecule has 0 radical (unpaired) electrons. The number of nitrogens with zero attached hydrogens (tertiary/aromatic N) is 1. The lowest BCUT2D eigenvalue weighted by Gasteiger charge is -2.02. The third-order valence-electron chi connectivity index (χ3n) is 2.75. The molecule has 1 aliphatic rings. The van der Waals surface area contributed by atoms with Gasteiger partial charge in [0, 0.05) is 12.4 Å². The van der Waals surface area contributed by atoms with Gasteiger partial charge in [0.25, 0.3) is 0 Å². The Morgan fingerprint density at radius 2 is 2.00 bits per heavy atom. The molecule has 1 aromatic rings. The average molecular weight is 288 g/mol. The fourth-order valence-corrected chi connectivity index (χ4v) is 1.63. The van der Waals surface area contributed by atoms with Crippen LogP contribution in [0.1, 0.15) is 18.9 Å². The lowest BCUT2D eigenvalue weighted by atomic mass is 10.0. The molecule has 0 fully saturated rings. The van der Waals surface area contributed by atoms with Gasteiger partial charge in [-0.05, 0) is 61.6 Å². The molecule has 20 heavy (non-hydrogen) atoms. The van der Waals surface area contributed by atoms with E-state index in [1.807, 2.05) is 49.7 Å². The van der Waals surface area contributed by atoms with Crippen LogP contribution in [0.5, 0.6) is 0 Å². The van der Waals surface area contributed by atoms with Crippen LogP contribution in [0.2, 0.25) is 0 Å². The zero-order chi connectivity index (χ0) is 14.8. The number of ketones is 1. The summed E-state index contributed by atoms with van der Waals surface area (Å²) < 4.78 is 2.85. The molecule has 4 heteroatoms. The van der Waals surface area contributed by atoms with Crippen molar-refractivity contribution < 1.29 is 4.79 Å². The van der Waals surface area contributed by atoms with Crippen LogP contribution in [0.15, 0.2) is 54.4 Å². The van der Waals surface area contributed by atoms with Gasteiger partial charge in [0.1, 0.15) is 0 Å². The molecule has 0 atom stereocenters. The highest BCUT2D eigenvalue weighted by atomic mass is 32.2. The summed E-state index contributed by atoms with van der Waals surface area (Å²) in [5, 5.41) is 0. The van der Waals surface area contributed by atoms with E-state index in [0.29, 0.717) is 6.42 Å². The van der Waals surface area contributed by atoms with Gasteiger partial charge >= 0.3 is 0 Å². The number of pyridine rings is 1. The van der Waals surface area contributed by atoms with Crippen LogP contribution in [0, 0.1) is 0 Å². The second-order valence-corrected chi connectivity index (χ2v) is 4.94. The topological polar surface area (TPSA) is 42.0 Å². The Kier molecular flexibility index (Phi) is 7.62. The first-order valence-corrected chi connectivity index (χ1v) is 7.60. The Bertz CT molecular complexity index is 517. The summed E-state index contributed by atoms with van der Waals surface area (Å²) >= 11 is 1.61. The van der Waals surface area contributed by atoms with Crippen molar-refractivity contribution in [3.8, 4) is 0 Å². The maximum absolute atomic E-state index is 11.4. The lowest BCUT2D eigenvalue weighted by molar-refractivity contribution is -0.113. The monoisotopic (exact) mass is 288 g/mol. The van der Waals surface area contributed by atoms with Crippen molar-refractivity contribution in [2.24, 2.45) is 0 Å². The van der Waals surface area contributed by atoms with Gasteiger partial charge in [-0.25, -0.2) is 0 Å². The Morgan fingerprint density at radius 3 is 2.55 bits per heavy atom. The summed E-state index contributed by atoms with van der Waals surface area (Å²) in [7, 11) is 1.89. The summed E-state index contributed by atoms with van der Waals surface area (Å²) in [4.78, 5) is 15.4. The van der Waals surface area contributed by atoms with Gasteiger partial charge < -0.3 is 0 Å². The van der Waals surface area contributed by atoms with Crippen LogP contribution < -0.4 is 4.72 Å². The molecule has 3 nitrogen and oxygen atoms in total. The smallest absolute Gasteiger partial charge is 0.156 e. The lowest BCUT2D eigenvalue weighted by Crippen LogP contribution is -1.95. The molecule has 0 spiro atoms. The highest BCUT2D eigenvalue weighted by Crippen LogP contribution is 2.21. The third kappa shape index (κ3) is 5.55. The van der Waals surface area contributed by atoms with Gasteiger partial charge in [-0.15, -0.1) is 0 Å². The van der Waals surface area contributed by atoms with Crippen LogP contribution in [0.4, 0.5) is 0 Å². The Labute approximate surface area is 125 Å². The van der Waals surface area contributed by atoms with Crippen molar-refractivity contribution >= 4 is 23.3 Å². The number of carbonyl (C=O) groups excluding carboxylic acids is 1. The van der Waals surface area contributed by atoms with Crippen molar-refractivity contribution in [1.82, 2.24) is 9.71 Å². The van der Waals surface area contributed by atoms with Crippen molar-refractivity contribution in [2.45, 2.75) is 13.3 Å². The number of rotatable bonds is 3. The van der Waals surface area contributed by atoms with Crippen molar-refractivity contribution in [3.63, 3.8) is 0 Å². The van der Waals surface area contributed by atoms with Crippen LogP contribution in [-0.2, 0) is 4.79 Å². The predicted molar refractivity (Wildman–Crippen MR) is 87.3 cm³/mol. The molecule has 2 rings (SSSR count). The van der Waals surface area contributed by atoms with Crippen molar-refractivity contribution in [1.29, 1.82) is 0 Å². The van der Waals surface area contributed by atoms with E-state index >= 15 is 0 Å². The van der Waals surface area contributed by atoms with Crippen LogP contribution >= 0.6 is 11.9 Å². The Hall–Kier alpha value is -1.65. The molecule has 1 aliphatic carbocycles. The molecule has 1 heterocycles. The number of carbonyl (C=O) groups is 1. The third-order valence-corrected chi connectivity index (χ3v) is 3.16. The molecule has 0 aromatic carbocycles. The maximum atomic E-state index is 11.4. The molecule has 1 aromatic heterocycles. The van der Waals surface area contributed by atoms with E-state index in [9.17, 15) is 4.79 Å². The van der Waals surface area contributed by atoms with Gasteiger partial charge in [-0.2, -0.15) is 0 Å². The molecule has 0 saturated carbocycles. The molecule has 0 amide bonds. The van der Waals surface area contributed by atoms with E-state index in [-0.39, 0.29) is 5.78 Å². The number of aromatic nitrogens is 1. The molecule has 0 unspecified atom stereocenters. The van der Waals surface area contributed by atoms with Crippen molar-refractivity contribution in [3.05, 3.63) is 60.0 Å². The minimum Gasteiger partial charge on any atom is -0.295 e. The van der Waals surface area contributed by atoms with E-state index in [4.69, 9.17) is 0 Å². The van der Waals surface area contributed by atoms with Gasteiger partial charge in [-0.1, -0.05) is 30.2 Å². The predicted octanol–water partition coefficient (Wildman–Crippen LogP) is 3.42. The standard InChI is InChI=1S/C14H13NO.C2H7NS/c1-11(16)13-4-2-3-5-14(10-13)12-6-8-15-9-7-12;1-3-4-2/h2-3,5-10H,4H2,1H3;3H,1-2H3. The summed E-state index contributed by atoms with van der Waals surface area (Å²) in [6.45, 7) is 1.61. The van der Waals surface area contributed by atoms with Gasteiger partial charge in [0.2, 0.25) is 0 Å². The van der Waals surface area contributed by atoms with E-state index in [1.165, 1.54) is 0 Å². The van der Waals surface area contributed by atoms with E-state index in [2.05, 4.69) is 9.71 Å². The second-order valence-electron chi connectivity index (χ2n) is 4.12. The fourth-order valence-electron chi connectivity index (χ4n) is 1.63. The SMILES string of the molecule is CC(=O)C1=CC(c2ccncc2)=CC=CC1.CNSC. The normalized spacial score (nSPS) is 13.6. The summed E-state index contributed by atoms with van der Waals surface area (Å²) in [5.41, 5.74) is 2.98. The molecular weight excluding hydrogens is 268 g/mol. The van der Waals surface area contributed by atoms with Gasteiger partial charge in [-0.3, -0.25) is 14.5 Å². The number of Topliss-reactive ketones (excluding diaryl/α,β-unsaturated/α-hetero) is 1. The summed E-state index contributed by atoms with van der Waals surface area (Å²) in [6.07, 6.45) is 14.2. The maximum Gasteiger partial charge on any atom is 0.156 e. The Balaban J connectivity index is 0.000000444. The van der Waals surface area contributed by atoms with Crippen LogP contribution in [0.3, 0.4) is 0 Å². The number of hydrogen-bond donors (Lipinski definition) is 1. The van der Waals surface area contributed by atoms with Gasteiger partial charge in [0.15, 0.2) is 5.78 Å². The highest BCUT2D eigenvalue weighted by Gasteiger charge is 2.06. The van der Waals surface area contributed by atoms with Crippen LogP contribution in [0.25, 0.3) is 5.57 Å². The molecule has 0 aliphatic heterocycles.